The highest BCUT2D eigenvalue weighted by Crippen LogP contribution is 2.54. The Morgan fingerprint density at radius 1 is 0.818 bits per heavy atom. The van der Waals surface area contributed by atoms with Gasteiger partial charge in [-0.2, -0.15) is 26.3 Å². The van der Waals surface area contributed by atoms with E-state index in [9.17, 15) is 63.5 Å². The number of Topliss-reactive ketones (excluding diaryl/α,β-unsaturated/α-hetero) is 1. The molecule has 3 heterocycles. The first-order valence-corrected chi connectivity index (χ1v) is 12.1. The second-order valence-electron chi connectivity index (χ2n) is 9.68. The normalized spacial score (nSPS) is 26.2. The molecule has 5 rings (SSSR count). The number of carbonyl (C=O) groups is 5. The van der Waals surface area contributed by atoms with Crippen LogP contribution < -0.4 is 0 Å². The molecular formula is C26H13F9N2O7. The zero-order valence-electron chi connectivity index (χ0n) is 21.2. The number of alkyl halides is 6. The van der Waals surface area contributed by atoms with Crippen LogP contribution in [-0.4, -0.2) is 63.5 Å². The number of halogens is 9. The number of ether oxygens (including phenoxy) is 2. The van der Waals surface area contributed by atoms with Gasteiger partial charge < -0.3 is 9.47 Å². The number of hydrogen-bond donors (Lipinski definition) is 0. The second-order valence-corrected chi connectivity index (χ2v) is 9.68. The molecule has 0 saturated carbocycles. The van der Waals surface area contributed by atoms with Crippen molar-refractivity contribution in [3.8, 4) is 0 Å². The second kappa shape index (κ2) is 9.81. The summed E-state index contributed by atoms with van der Waals surface area (Å²) < 4.78 is 132. The number of allylic oxidation sites excluding steroid dienone is 1. The summed E-state index contributed by atoms with van der Waals surface area (Å²) in [5.41, 5.74) is -8.29. The highest BCUT2D eigenvalue weighted by atomic mass is 19.4. The maximum absolute atomic E-state index is 14.8. The number of hydrogen-bond acceptors (Lipinski definition) is 8. The molecule has 2 aromatic carbocycles. The number of benzene rings is 2. The molecule has 2 fully saturated rings. The van der Waals surface area contributed by atoms with E-state index in [1.54, 1.807) is 0 Å². The van der Waals surface area contributed by atoms with Gasteiger partial charge in [-0.3, -0.25) is 14.4 Å². The van der Waals surface area contributed by atoms with Crippen LogP contribution in [0.25, 0.3) is 0 Å². The van der Waals surface area contributed by atoms with Crippen LogP contribution in [0.15, 0.2) is 54.7 Å². The molecule has 9 nitrogen and oxygen atoms in total. The van der Waals surface area contributed by atoms with Crippen molar-refractivity contribution in [3.05, 3.63) is 83.3 Å². The van der Waals surface area contributed by atoms with Gasteiger partial charge >= 0.3 is 24.3 Å². The van der Waals surface area contributed by atoms with E-state index in [1.807, 2.05) is 0 Å². The van der Waals surface area contributed by atoms with Gasteiger partial charge in [0.25, 0.3) is 11.5 Å². The van der Waals surface area contributed by atoms with Crippen molar-refractivity contribution < 1.29 is 73.0 Å². The Kier molecular flexibility index (Phi) is 6.81. The Morgan fingerprint density at radius 2 is 1.41 bits per heavy atom. The molecule has 3 aliphatic heterocycles. The van der Waals surface area contributed by atoms with E-state index in [2.05, 4.69) is 9.47 Å². The fourth-order valence-electron chi connectivity index (χ4n) is 5.45. The van der Waals surface area contributed by atoms with Crippen LogP contribution in [0.3, 0.4) is 0 Å². The van der Waals surface area contributed by atoms with Crippen molar-refractivity contribution in [1.82, 2.24) is 10.0 Å². The third-order valence-corrected chi connectivity index (χ3v) is 7.21. The van der Waals surface area contributed by atoms with Gasteiger partial charge in [0.1, 0.15) is 12.0 Å². The summed E-state index contributed by atoms with van der Waals surface area (Å²) in [6, 6.07) is 3.85. The number of ketones is 2. The van der Waals surface area contributed by atoms with Crippen LogP contribution in [0, 0.1) is 23.4 Å². The van der Waals surface area contributed by atoms with E-state index in [4.69, 9.17) is 0 Å². The molecular weight excluding hydrogens is 623 g/mol. The van der Waals surface area contributed by atoms with Gasteiger partial charge in [0.05, 0.1) is 0 Å². The lowest BCUT2D eigenvalue weighted by Gasteiger charge is -2.44. The molecule has 0 N–H and O–H groups in total. The van der Waals surface area contributed by atoms with Crippen molar-refractivity contribution in [3.63, 3.8) is 0 Å². The predicted molar refractivity (Wildman–Crippen MR) is 120 cm³/mol. The third-order valence-electron chi connectivity index (χ3n) is 7.21. The molecule has 4 unspecified atom stereocenters. The molecule has 0 radical (unpaired) electrons. The number of nitrogens with zero attached hydrogens (tertiary/aromatic N) is 2. The Hall–Kier alpha value is -4.90. The van der Waals surface area contributed by atoms with Crippen molar-refractivity contribution in [1.29, 1.82) is 0 Å². The summed E-state index contributed by atoms with van der Waals surface area (Å²) in [5.74, 6) is -19.3. The summed E-state index contributed by atoms with van der Waals surface area (Å²) in [6.45, 7) is 0. The molecule has 0 aromatic heterocycles. The van der Waals surface area contributed by atoms with Crippen LogP contribution in [0.1, 0.15) is 11.1 Å². The number of hydrazine groups is 1. The Labute approximate surface area is 238 Å². The number of fused-ring (bicyclic) bond motifs is 5. The lowest BCUT2D eigenvalue weighted by atomic mass is 9.76. The van der Waals surface area contributed by atoms with E-state index < -0.39 is 100 Å². The quantitative estimate of drug-likeness (QED) is 0.213. The summed E-state index contributed by atoms with van der Waals surface area (Å²) in [7, 11) is 0. The first-order chi connectivity index (χ1) is 20.4. The Balaban J connectivity index is 1.72. The van der Waals surface area contributed by atoms with Crippen LogP contribution in [0.5, 0.6) is 0 Å². The van der Waals surface area contributed by atoms with Gasteiger partial charge in [0, 0.05) is 18.2 Å². The zero-order chi connectivity index (χ0) is 32.6. The molecule has 0 spiro atoms. The highest BCUT2D eigenvalue weighted by molar-refractivity contribution is 6.21. The van der Waals surface area contributed by atoms with E-state index in [1.165, 1.54) is 6.07 Å². The van der Waals surface area contributed by atoms with Gasteiger partial charge in [-0.05, 0) is 17.7 Å². The summed E-state index contributed by atoms with van der Waals surface area (Å²) >= 11 is 0. The van der Waals surface area contributed by atoms with Crippen molar-refractivity contribution in [2.24, 2.45) is 5.92 Å². The summed E-state index contributed by atoms with van der Waals surface area (Å²) in [5, 5.41) is 0.396. The maximum Gasteiger partial charge on any atom is 0.491 e. The fourth-order valence-corrected chi connectivity index (χ4v) is 5.45. The number of amides is 1. The smallest absolute Gasteiger partial charge is 0.429 e. The number of esters is 2. The fraction of sp³-hybridized carbons (Fsp3) is 0.269. The molecule has 2 saturated heterocycles. The van der Waals surface area contributed by atoms with Gasteiger partial charge in [0.15, 0.2) is 23.2 Å². The molecule has 0 aliphatic carbocycles. The van der Waals surface area contributed by atoms with Crippen molar-refractivity contribution in [2.45, 2.75) is 36.1 Å². The summed E-state index contributed by atoms with van der Waals surface area (Å²) in [6.07, 6.45) is -11.9. The van der Waals surface area contributed by atoms with Gasteiger partial charge in [-0.25, -0.2) is 32.8 Å². The third kappa shape index (κ3) is 4.29. The monoisotopic (exact) mass is 636 g/mol. The van der Waals surface area contributed by atoms with E-state index in [0.29, 0.717) is 24.4 Å². The zero-order valence-corrected chi connectivity index (χ0v) is 21.2. The first-order valence-electron chi connectivity index (χ1n) is 12.1. The van der Waals surface area contributed by atoms with Gasteiger partial charge in [-0.1, -0.05) is 36.4 Å². The molecule has 3 aliphatic rings. The lowest BCUT2D eigenvalue weighted by molar-refractivity contribution is -0.241. The highest BCUT2D eigenvalue weighted by Gasteiger charge is 2.78. The SMILES string of the molecule is O=C1C=CN2N3C(=O)C(OC(=O)C(F)(F)F)(c4ccccc4)C(=O)C3C1C2(Cc1ccc(F)c(F)c1F)OC(=O)C(F)(F)F. The van der Waals surface area contributed by atoms with E-state index >= 15 is 0 Å². The van der Waals surface area contributed by atoms with Crippen LogP contribution in [0.4, 0.5) is 39.5 Å². The topological polar surface area (TPSA) is 110 Å². The van der Waals surface area contributed by atoms with Crippen LogP contribution >= 0.6 is 0 Å². The van der Waals surface area contributed by atoms with Crippen LogP contribution in [-0.2, 0) is 45.5 Å². The minimum Gasteiger partial charge on any atom is -0.429 e. The Morgan fingerprint density at radius 3 is 2.00 bits per heavy atom. The van der Waals surface area contributed by atoms with Gasteiger partial charge in [0.2, 0.25) is 11.5 Å². The minimum atomic E-state index is -5.81. The molecule has 44 heavy (non-hydrogen) atoms. The van der Waals surface area contributed by atoms with Gasteiger partial charge in [-0.15, -0.1) is 0 Å². The largest absolute Gasteiger partial charge is 0.491 e. The molecule has 2 aromatic rings. The summed E-state index contributed by atoms with van der Waals surface area (Å²) in [4.78, 5) is 65.3. The standard InChI is InChI=1S/C26H13F9N2O7/c27-13-7-6-11(16(28)17(13)29)10-23(43-21(41)25(30,31)32)15-14(38)8-9-36(23)37-18(15)19(39)24(20(37)40,12-4-2-1-3-5-12)44-22(42)26(33,34)35/h1-9,15,18H,10H2. The van der Waals surface area contributed by atoms with E-state index in [-0.39, 0.29) is 10.0 Å². The minimum absolute atomic E-state index is 0.145. The lowest BCUT2D eigenvalue weighted by Crippen LogP contribution is -2.61. The predicted octanol–water partition coefficient (Wildman–Crippen LogP) is 3.17. The van der Waals surface area contributed by atoms with Crippen LogP contribution in [0.2, 0.25) is 0 Å². The number of rotatable bonds is 5. The van der Waals surface area contributed by atoms with Crippen molar-refractivity contribution in [2.75, 3.05) is 0 Å². The molecule has 1 amide bonds. The number of carbonyl (C=O) groups excluding carboxylic acids is 5. The Bertz CT molecular complexity index is 1640. The molecule has 18 heteroatoms. The molecule has 232 valence electrons. The molecule has 2 bridgehead atoms. The van der Waals surface area contributed by atoms with Crippen molar-refractivity contribution >= 4 is 29.4 Å². The maximum atomic E-state index is 14.8. The van der Waals surface area contributed by atoms with E-state index in [0.717, 1.165) is 24.3 Å². The first kappa shape index (κ1) is 30.6. The molecule has 4 atom stereocenters. The average molecular weight is 636 g/mol. The average Bonchev–Trinajstić information content (AvgIpc) is 3.25.